The summed E-state index contributed by atoms with van der Waals surface area (Å²) in [5, 5.41) is 4.85. The minimum atomic E-state index is -0.196. The Balaban J connectivity index is 1.44. The van der Waals surface area contributed by atoms with Gasteiger partial charge in [-0.3, -0.25) is 0 Å². The molecule has 6 nitrogen and oxygen atoms in total. The molecule has 33 heavy (non-hydrogen) atoms. The van der Waals surface area contributed by atoms with Crippen molar-refractivity contribution in [1.29, 1.82) is 0 Å². The molecule has 2 aliphatic rings. The SMILES string of the molecule is Cc1sc2nc(C[NH+]3CCCC3)nc(NC[C@H](c3ccc(F)cc3)[NH+]3CCOCC3)c2c1C. The highest BCUT2D eigenvalue weighted by atomic mass is 32.1. The number of quaternary nitrogens is 2. The Bertz CT molecular complexity index is 1090. The van der Waals surface area contributed by atoms with Gasteiger partial charge in [-0.25, -0.2) is 14.4 Å². The van der Waals surface area contributed by atoms with Crippen LogP contribution < -0.4 is 15.1 Å². The van der Waals surface area contributed by atoms with Crippen molar-refractivity contribution in [1.82, 2.24) is 9.97 Å². The molecule has 4 heterocycles. The van der Waals surface area contributed by atoms with Gasteiger partial charge in [0.1, 0.15) is 42.1 Å². The summed E-state index contributed by atoms with van der Waals surface area (Å²) in [7, 11) is 0. The lowest BCUT2D eigenvalue weighted by molar-refractivity contribution is -0.937. The summed E-state index contributed by atoms with van der Waals surface area (Å²) >= 11 is 1.76. The predicted octanol–water partition coefficient (Wildman–Crippen LogP) is 1.69. The molecule has 176 valence electrons. The van der Waals surface area contributed by atoms with E-state index in [4.69, 9.17) is 14.7 Å². The van der Waals surface area contributed by atoms with Crippen LogP contribution in [0.1, 0.15) is 40.7 Å². The molecule has 2 aliphatic heterocycles. The summed E-state index contributed by atoms with van der Waals surface area (Å²) < 4.78 is 19.2. The molecule has 0 saturated carbocycles. The molecular formula is C25H34FN5OS+2. The Hall–Kier alpha value is -2.13. The van der Waals surface area contributed by atoms with Crippen molar-refractivity contribution < 1.29 is 18.9 Å². The number of thiophene rings is 1. The van der Waals surface area contributed by atoms with Crippen molar-refractivity contribution in [2.45, 2.75) is 39.3 Å². The van der Waals surface area contributed by atoms with Crippen LogP contribution in [-0.2, 0) is 11.3 Å². The first-order valence-electron chi connectivity index (χ1n) is 12.1. The number of benzene rings is 1. The quantitative estimate of drug-likeness (QED) is 0.491. The summed E-state index contributed by atoms with van der Waals surface area (Å²) in [6, 6.07) is 7.17. The van der Waals surface area contributed by atoms with Crippen molar-refractivity contribution >= 4 is 27.4 Å². The summed E-state index contributed by atoms with van der Waals surface area (Å²) in [4.78, 5) is 15.4. The van der Waals surface area contributed by atoms with E-state index in [-0.39, 0.29) is 11.9 Å². The Morgan fingerprint density at radius 2 is 1.79 bits per heavy atom. The molecule has 1 aromatic carbocycles. The van der Waals surface area contributed by atoms with Gasteiger partial charge in [0.05, 0.1) is 38.2 Å². The van der Waals surface area contributed by atoms with E-state index >= 15 is 0 Å². The van der Waals surface area contributed by atoms with E-state index in [1.54, 1.807) is 28.4 Å². The predicted molar refractivity (Wildman–Crippen MR) is 130 cm³/mol. The second-order valence-corrected chi connectivity index (χ2v) is 10.5. The van der Waals surface area contributed by atoms with Crippen LogP contribution in [0.4, 0.5) is 10.2 Å². The van der Waals surface area contributed by atoms with Crippen LogP contribution in [0.2, 0.25) is 0 Å². The van der Waals surface area contributed by atoms with Gasteiger partial charge in [0.25, 0.3) is 0 Å². The third kappa shape index (κ3) is 5.04. The zero-order chi connectivity index (χ0) is 22.8. The zero-order valence-electron chi connectivity index (χ0n) is 19.5. The van der Waals surface area contributed by atoms with E-state index in [1.807, 2.05) is 12.1 Å². The van der Waals surface area contributed by atoms with Crippen molar-refractivity contribution in [2.24, 2.45) is 0 Å². The van der Waals surface area contributed by atoms with E-state index < -0.39 is 0 Å². The van der Waals surface area contributed by atoms with Gasteiger partial charge in [0.2, 0.25) is 0 Å². The first-order chi connectivity index (χ1) is 16.1. The van der Waals surface area contributed by atoms with Gasteiger partial charge in [0.15, 0.2) is 5.82 Å². The van der Waals surface area contributed by atoms with Gasteiger partial charge in [0, 0.05) is 23.3 Å². The number of likely N-dealkylation sites (tertiary alicyclic amines) is 1. The minimum Gasteiger partial charge on any atom is -0.370 e. The third-order valence-corrected chi connectivity index (χ3v) is 8.27. The number of rotatable bonds is 7. The molecule has 0 aliphatic carbocycles. The van der Waals surface area contributed by atoms with Crippen LogP contribution in [-0.4, -0.2) is 55.9 Å². The van der Waals surface area contributed by atoms with Gasteiger partial charge in [-0.15, -0.1) is 11.3 Å². The number of ether oxygens (including phenoxy) is 1. The Labute approximate surface area is 198 Å². The molecule has 0 radical (unpaired) electrons. The van der Waals surface area contributed by atoms with Crippen molar-refractivity contribution in [3.63, 3.8) is 0 Å². The molecule has 2 saturated heterocycles. The molecule has 3 N–H and O–H groups in total. The number of aromatic nitrogens is 2. The lowest BCUT2D eigenvalue weighted by Gasteiger charge is -2.32. The average Bonchev–Trinajstić information content (AvgIpc) is 3.43. The maximum atomic E-state index is 13.6. The van der Waals surface area contributed by atoms with E-state index in [0.717, 1.165) is 66.8 Å². The molecule has 1 atom stereocenters. The fourth-order valence-corrected chi connectivity index (χ4v) is 6.20. The molecule has 2 fully saturated rings. The van der Waals surface area contributed by atoms with E-state index in [9.17, 15) is 4.39 Å². The van der Waals surface area contributed by atoms with Crippen molar-refractivity contribution in [2.75, 3.05) is 51.3 Å². The fourth-order valence-electron chi connectivity index (χ4n) is 5.15. The molecule has 3 aromatic rings. The number of aryl methyl sites for hydroxylation is 2. The summed E-state index contributed by atoms with van der Waals surface area (Å²) in [5.74, 6) is 1.67. The Kier molecular flexibility index (Phi) is 6.87. The molecular weight excluding hydrogens is 437 g/mol. The number of fused-ring (bicyclic) bond motifs is 1. The standard InChI is InChI=1S/C25H32FN5OS/c1-17-18(2)33-25-23(17)24(28-22(29-25)16-30-9-3-4-10-30)27-15-21(31-11-13-32-14-12-31)19-5-7-20(26)8-6-19/h5-8,21H,3-4,9-16H2,1-2H3,(H,27,28,29)/p+2/t21-/m1/s1. The zero-order valence-corrected chi connectivity index (χ0v) is 20.4. The van der Waals surface area contributed by atoms with Gasteiger partial charge in [-0.1, -0.05) is 12.1 Å². The molecule has 0 bridgehead atoms. The second kappa shape index (κ2) is 10.0. The number of hydrogen-bond donors (Lipinski definition) is 3. The molecule has 0 spiro atoms. The monoisotopic (exact) mass is 471 g/mol. The molecule has 2 aromatic heterocycles. The van der Waals surface area contributed by atoms with E-state index in [0.29, 0.717) is 0 Å². The number of morpholine rings is 1. The summed E-state index contributed by atoms with van der Waals surface area (Å²) in [6.45, 7) is 11.8. The maximum Gasteiger partial charge on any atom is 0.187 e. The molecule has 0 amide bonds. The Morgan fingerprint density at radius 3 is 2.52 bits per heavy atom. The van der Waals surface area contributed by atoms with Gasteiger partial charge >= 0.3 is 0 Å². The number of nitrogens with zero attached hydrogens (tertiary/aromatic N) is 2. The minimum absolute atomic E-state index is 0.196. The molecule has 0 unspecified atom stereocenters. The largest absolute Gasteiger partial charge is 0.370 e. The van der Waals surface area contributed by atoms with E-state index in [1.165, 1.54) is 41.3 Å². The number of anilines is 1. The Morgan fingerprint density at radius 1 is 1.06 bits per heavy atom. The normalized spacial score (nSPS) is 18.8. The summed E-state index contributed by atoms with van der Waals surface area (Å²) in [5.41, 5.74) is 2.40. The highest BCUT2D eigenvalue weighted by molar-refractivity contribution is 7.18. The van der Waals surface area contributed by atoms with Gasteiger partial charge in [-0.2, -0.15) is 0 Å². The lowest BCUT2D eigenvalue weighted by Crippen LogP contribution is -3.14. The first-order valence-corrected chi connectivity index (χ1v) is 12.9. The van der Waals surface area contributed by atoms with Crippen LogP contribution in [0.15, 0.2) is 24.3 Å². The topological polar surface area (TPSA) is 55.9 Å². The number of hydrogen-bond acceptors (Lipinski definition) is 5. The summed E-state index contributed by atoms with van der Waals surface area (Å²) in [6.07, 6.45) is 2.59. The first kappa shape index (κ1) is 22.7. The number of halogens is 1. The highest BCUT2D eigenvalue weighted by Crippen LogP contribution is 2.33. The molecule has 8 heteroatoms. The fraction of sp³-hybridized carbons (Fsp3) is 0.520. The maximum absolute atomic E-state index is 13.6. The highest BCUT2D eigenvalue weighted by Gasteiger charge is 2.27. The van der Waals surface area contributed by atoms with Crippen LogP contribution in [0.5, 0.6) is 0 Å². The third-order valence-electron chi connectivity index (χ3n) is 7.17. The van der Waals surface area contributed by atoms with Crippen LogP contribution in [0, 0.1) is 19.7 Å². The van der Waals surface area contributed by atoms with Crippen molar-refractivity contribution in [3.8, 4) is 0 Å². The average molecular weight is 472 g/mol. The van der Waals surface area contributed by atoms with E-state index in [2.05, 4.69) is 19.2 Å². The van der Waals surface area contributed by atoms with Gasteiger partial charge in [-0.05, 0) is 31.5 Å². The second-order valence-electron chi connectivity index (χ2n) is 9.34. The lowest BCUT2D eigenvalue weighted by atomic mass is 10.0. The number of nitrogens with one attached hydrogen (secondary N) is 3. The van der Waals surface area contributed by atoms with Crippen LogP contribution in [0.25, 0.3) is 10.2 Å². The molecule has 5 rings (SSSR count). The van der Waals surface area contributed by atoms with Crippen LogP contribution in [0.3, 0.4) is 0 Å². The smallest absolute Gasteiger partial charge is 0.187 e. The van der Waals surface area contributed by atoms with Crippen molar-refractivity contribution in [3.05, 3.63) is 51.9 Å². The van der Waals surface area contributed by atoms with Crippen LogP contribution >= 0.6 is 11.3 Å². The van der Waals surface area contributed by atoms with Gasteiger partial charge < -0.3 is 19.9 Å².